The summed E-state index contributed by atoms with van der Waals surface area (Å²) >= 11 is 0. The smallest absolute Gasteiger partial charge is 0.227 e. The van der Waals surface area contributed by atoms with E-state index in [1.54, 1.807) is 0 Å². The lowest BCUT2D eigenvalue weighted by Crippen LogP contribution is -2.44. The Morgan fingerprint density at radius 1 is 1.32 bits per heavy atom. The van der Waals surface area contributed by atoms with Crippen LogP contribution in [0.3, 0.4) is 0 Å². The molecule has 1 saturated heterocycles. The molecule has 0 aromatic rings. The molecule has 0 radical (unpaired) electrons. The van der Waals surface area contributed by atoms with Crippen molar-refractivity contribution in [3.05, 3.63) is 0 Å². The first kappa shape index (κ1) is 13.4. The summed E-state index contributed by atoms with van der Waals surface area (Å²) in [5.41, 5.74) is -0.105. The molecule has 0 aromatic heterocycles. The van der Waals surface area contributed by atoms with Crippen LogP contribution in [0.15, 0.2) is 0 Å². The highest BCUT2D eigenvalue weighted by molar-refractivity contribution is 5.83. The van der Waals surface area contributed by atoms with Crippen LogP contribution in [0, 0.1) is 23.2 Å². The van der Waals surface area contributed by atoms with Gasteiger partial charge in [-0.3, -0.25) is 4.79 Å². The zero-order valence-corrected chi connectivity index (χ0v) is 12.2. The van der Waals surface area contributed by atoms with Crippen LogP contribution in [0.25, 0.3) is 0 Å². The number of hydrogen-bond acceptors (Lipinski definition) is 2. The minimum atomic E-state index is -0.105. The van der Waals surface area contributed by atoms with Crippen LogP contribution in [-0.2, 0) is 4.79 Å². The molecule has 2 N–H and O–H groups in total. The molecular formula is C16H28N2O. The summed E-state index contributed by atoms with van der Waals surface area (Å²) in [6.45, 7) is 5.01. The third-order valence-corrected chi connectivity index (χ3v) is 5.41. The van der Waals surface area contributed by atoms with Gasteiger partial charge in [0, 0.05) is 13.1 Å². The number of hydrogen-bond donors (Lipinski definition) is 2. The van der Waals surface area contributed by atoms with Gasteiger partial charge < -0.3 is 10.6 Å². The van der Waals surface area contributed by atoms with Crippen molar-refractivity contribution in [3.8, 4) is 0 Å². The van der Waals surface area contributed by atoms with E-state index in [1.165, 1.54) is 25.7 Å². The molecule has 3 aliphatic rings. The van der Waals surface area contributed by atoms with E-state index in [9.17, 15) is 4.79 Å². The van der Waals surface area contributed by atoms with E-state index >= 15 is 0 Å². The van der Waals surface area contributed by atoms with Crippen LogP contribution in [0.2, 0.25) is 0 Å². The van der Waals surface area contributed by atoms with Gasteiger partial charge in [-0.25, -0.2) is 0 Å². The van der Waals surface area contributed by atoms with Gasteiger partial charge in [-0.1, -0.05) is 13.3 Å². The SMILES string of the molecule is CCCC1(C(=O)NCC(C2CC2)C2CC2)CCNC1. The molecule has 1 amide bonds. The predicted molar refractivity (Wildman–Crippen MR) is 76.8 cm³/mol. The fraction of sp³-hybridized carbons (Fsp3) is 0.938. The number of carbonyl (C=O) groups excluding carboxylic acids is 1. The maximum absolute atomic E-state index is 12.6. The third kappa shape index (κ3) is 2.96. The van der Waals surface area contributed by atoms with Crippen molar-refractivity contribution in [1.29, 1.82) is 0 Å². The molecule has 3 rings (SSSR count). The first-order valence-corrected chi connectivity index (χ1v) is 8.24. The van der Waals surface area contributed by atoms with Gasteiger partial charge in [-0.15, -0.1) is 0 Å². The van der Waals surface area contributed by atoms with E-state index in [-0.39, 0.29) is 5.41 Å². The zero-order chi connectivity index (χ0) is 13.3. The van der Waals surface area contributed by atoms with E-state index in [2.05, 4.69) is 17.6 Å². The summed E-state index contributed by atoms with van der Waals surface area (Å²) in [6, 6.07) is 0. The summed E-state index contributed by atoms with van der Waals surface area (Å²) in [5.74, 6) is 2.97. The van der Waals surface area contributed by atoms with Crippen LogP contribution in [0.5, 0.6) is 0 Å². The quantitative estimate of drug-likeness (QED) is 0.741. The lowest BCUT2D eigenvalue weighted by Gasteiger charge is -2.28. The van der Waals surface area contributed by atoms with Gasteiger partial charge in [-0.05, 0) is 62.8 Å². The average molecular weight is 264 g/mol. The summed E-state index contributed by atoms with van der Waals surface area (Å²) in [5, 5.41) is 6.69. The fourth-order valence-electron chi connectivity index (χ4n) is 3.91. The van der Waals surface area contributed by atoms with Crippen LogP contribution in [0.4, 0.5) is 0 Å². The maximum Gasteiger partial charge on any atom is 0.227 e. The largest absolute Gasteiger partial charge is 0.355 e. The van der Waals surface area contributed by atoms with Crippen LogP contribution < -0.4 is 10.6 Å². The Kier molecular flexibility index (Phi) is 3.84. The molecule has 1 unspecified atom stereocenters. The van der Waals surface area contributed by atoms with Gasteiger partial charge in [-0.2, -0.15) is 0 Å². The molecule has 19 heavy (non-hydrogen) atoms. The second-order valence-corrected chi connectivity index (χ2v) is 7.01. The number of amides is 1. The second-order valence-electron chi connectivity index (χ2n) is 7.01. The predicted octanol–water partition coefficient (Wildman–Crippen LogP) is 2.32. The number of carbonyl (C=O) groups is 1. The van der Waals surface area contributed by atoms with Gasteiger partial charge in [0.1, 0.15) is 0 Å². The van der Waals surface area contributed by atoms with Crippen LogP contribution in [0.1, 0.15) is 51.9 Å². The molecule has 3 heteroatoms. The normalized spacial score (nSPS) is 30.8. The standard InChI is InChI=1S/C16H28N2O/c1-2-7-16(8-9-17-11-16)15(19)18-10-14(12-3-4-12)13-5-6-13/h12-14,17H,2-11H2,1H3,(H,18,19). The Balaban J connectivity index is 1.54. The molecule has 0 spiro atoms. The minimum Gasteiger partial charge on any atom is -0.355 e. The third-order valence-electron chi connectivity index (χ3n) is 5.41. The minimum absolute atomic E-state index is 0.105. The zero-order valence-electron chi connectivity index (χ0n) is 12.2. The molecule has 0 aromatic carbocycles. The molecule has 2 aliphatic carbocycles. The van der Waals surface area contributed by atoms with Crippen molar-refractivity contribution in [1.82, 2.24) is 10.6 Å². The van der Waals surface area contributed by atoms with Gasteiger partial charge in [0.15, 0.2) is 0 Å². The van der Waals surface area contributed by atoms with Gasteiger partial charge in [0.05, 0.1) is 5.41 Å². The lowest BCUT2D eigenvalue weighted by molar-refractivity contribution is -0.130. The first-order valence-electron chi connectivity index (χ1n) is 8.24. The second kappa shape index (κ2) is 5.43. The van der Waals surface area contributed by atoms with Gasteiger partial charge in [0.25, 0.3) is 0 Å². The maximum atomic E-state index is 12.6. The van der Waals surface area contributed by atoms with E-state index in [4.69, 9.17) is 0 Å². The lowest BCUT2D eigenvalue weighted by atomic mass is 9.81. The topological polar surface area (TPSA) is 41.1 Å². The summed E-state index contributed by atoms with van der Waals surface area (Å²) in [4.78, 5) is 12.6. The van der Waals surface area contributed by atoms with Crippen molar-refractivity contribution in [2.45, 2.75) is 51.9 Å². The van der Waals surface area contributed by atoms with Crippen molar-refractivity contribution < 1.29 is 4.79 Å². The summed E-state index contributed by atoms with van der Waals surface area (Å²) < 4.78 is 0. The highest BCUT2D eigenvalue weighted by Crippen LogP contribution is 2.49. The van der Waals surface area contributed by atoms with Crippen molar-refractivity contribution in [2.24, 2.45) is 23.2 Å². The van der Waals surface area contributed by atoms with E-state index in [0.717, 1.165) is 56.7 Å². The molecule has 1 aliphatic heterocycles. The molecule has 2 saturated carbocycles. The molecule has 108 valence electrons. The molecule has 0 bridgehead atoms. The Hall–Kier alpha value is -0.570. The van der Waals surface area contributed by atoms with E-state index < -0.39 is 0 Å². The summed E-state index contributed by atoms with van der Waals surface area (Å²) in [7, 11) is 0. The summed E-state index contributed by atoms with van der Waals surface area (Å²) in [6.07, 6.45) is 8.76. The highest BCUT2D eigenvalue weighted by Gasteiger charge is 2.43. The Labute approximate surface area is 116 Å². The molecule has 1 atom stereocenters. The highest BCUT2D eigenvalue weighted by atomic mass is 16.2. The monoisotopic (exact) mass is 264 g/mol. The number of rotatable bonds is 7. The Bertz CT molecular complexity index is 316. The van der Waals surface area contributed by atoms with E-state index in [0.29, 0.717) is 5.91 Å². The van der Waals surface area contributed by atoms with Gasteiger partial charge >= 0.3 is 0 Å². The average Bonchev–Trinajstić information content (AvgIpc) is 3.32. The van der Waals surface area contributed by atoms with Crippen LogP contribution >= 0.6 is 0 Å². The van der Waals surface area contributed by atoms with Crippen molar-refractivity contribution >= 4 is 5.91 Å². The van der Waals surface area contributed by atoms with Crippen molar-refractivity contribution in [2.75, 3.05) is 19.6 Å². The van der Waals surface area contributed by atoms with Crippen LogP contribution in [-0.4, -0.2) is 25.5 Å². The van der Waals surface area contributed by atoms with Crippen molar-refractivity contribution in [3.63, 3.8) is 0 Å². The molecular weight excluding hydrogens is 236 g/mol. The fourth-order valence-corrected chi connectivity index (χ4v) is 3.91. The Morgan fingerprint density at radius 3 is 2.47 bits per heavy atom. The molecule has 3 fully saturated rings. The number of nitrogens with one attached hydrogen (secondary N) is 2. The first-order chi connectivity index (χ1) is 9.25. The van der Waals surface area contributed by atoms with Gasteiger partial charge in [0.2, 0.25) is 5.91 Å². The Morgan fingerprint density at radius 2 is 2.00 bits per heavy atom. The van der Waals surface area contributed by atoms with E-state index in [1.807, 2.05) is 0 Å². The molecule has 1 heterocycles. The molecule has 3 nitrogen and oxygen atoms in total.